The summed E-state index contributed by atoms with van der Waals surface area (Å²) in [5.41, 5.74) is 2.36. The normalized spacial score (nSPS) is 15.7. The van der Waals surface area contributed by atoms with Crippen molar-refractivity contribution < 1.29 is 24.3 Å². The number of β-amino-alcohol motifs (C(OH)–C–C–N with tert-alkyl or cyclic N) is 1. The summed E-state index contributed by atoms with van der Waals surface area (Å²) in [6.45, 7) is 6.50. The molecule has 0 bridgehead atoms. The molecule has 0 saturated heterocycles. The predicted molar refractivity (Wildman–Crippen MR) is 128 cm³/mol. The zero-order valence-electron chi connectivity index (χ0n) is 20.0. The number of benzene rings is 2. The van der Waals surface area contributed by atoms with Crippen molar-refractivity contribution in [3.63, 3.8) is 0 Å². The second-order valence-electron chi connectivity index (χ2n) is 9.25. The molecule has 9 heteroatoms. The van der Waals surface area contributed by atoms with Gasteiger partial charge in [-0.15, -0.1) is 0 Å². The molecule has 1 aliphatic rings. The van der Waals surface area contributed by atoms with E-state index in [1.165, 1.54) is 12.5 Å². The van der Waals surface area contributed by atoms with Gasteiger partial charge in [-0.1, -0.05) is 17.3 Å². The first-order chi connectivity index (χ1) is 16.7. The quantitative estimate of drug-likeness (QED) is 0.527. The first-order valence-electron chi connectivity index (χ1n) is 11.5. The number of nitrogens with zero attached hydrogens (tertiary/aromatic N) is 4. The number of aliphatic hydroxyl groups is 1. The molecule has 3 aromatic rings. The first-order valence-corrected chi connectivity index (χ1v) is 11.5. The van der Waals surface area contributed by atoms with E-state index in [0.717, 1.165) is 17.5 Å². The summed E-state index contributed by atoms with van der Waals surface area (Å²) in [7, 11) is 0. The topological polar surface area (TPSA) is 133 Å². The average molecular weight is 477 g/mol. The maximum absolute atomic E-state index is 11.3. The van der Waals surface area contributed by atoms with Crippen LogP contribution in [0.3, 0.4) is 0 Å². The summed E-state index contributed by atoms with van der Waals surface area (Å²) >= 11 is 0. The van der Waals surface area contributed by atoms with E-state index in [1.807, 2.05) is 36.9 Å². The van der Waals surface area contributed by atoms with Crippen molar-refractivity contribution in [2.75, 3.05) is 19.6 Å². The summed E-state index contributed by atoms with van der Waals surface area (Å²) < 4.78 is 11.2. The number of carboxylic acid groups (broad SMARTS) is 1. The number of nitriles is 1. The van der Waals surface area contributed by atoms with Gasteiger partial charge in [0.05, 0.1) is 11.7 Å². The van der Waals surface area contributed by atoms with Crippen molar-refractivity contribution in [2.24, 2.45) is 0 Å². The number of carboxylic acids is 1. The Morgan fingerprint density at radius 3 is 2.60 bits per heavy atom. The van der Waals surface area contributed by atoms with Gasteiger partial charge in [-0.05, 0) is 69.0 Å². The molecule has 0 aliphatic carbocycles. The van der Waals surface area contributed by atoms with Gasteiger partial charge < -0.3 is 19.5 Å². The van der Waals surface area contributed by atoms with E-state index in [2.05, 4.69) is 16.2 Å². The largest absolute Gasteiger partial charge is 0.490 e. The highest BCUT2D eigenvalue weighted by Gasteiger charge is 2.32. The fourth-order valence-corrected chi connectivity index (χ4v) is 4.14. The molecule has 1 aromatic heterocycles. The molecule has 0 amide bonds. The Balaban J connectivity index is 1.52. The van der Waals surface area contributed by atoms with Gasteiger partial charge in [0.2, 0.25) is 5.82 Å². The number of aliphatic carboxylic acids is 1. The SMILES string of the molecule is CC(C)Oc1ccc(-c2nc(-c3ccc4c(c3)CCN(C[C@@](C)(O)C(=O)O)CC4)no2)cc1C#N. The molecular formula is C26H28N4O5. The van der Waals surface area contributed by atoms with Crippen LogP contribution in [0.2, 0.25) is 0 Å². The van der Waals surface area contributed by atoms with Crippen molar-refractivity contribution in [3.8, 4) is 34.7 Å². The molecule has 0 fully saturated rings. The van der Waals surface area contributed by atoms with Crippen LogP contribution in [0, 0.1) is 11.3 Å². The van der Waals surface area contributed by atoms with Gasteiger partial charge in [0.25, 0.3) is 5.89 Å². The van der Waals surface area contributed by atoms with Crippen molar-refractivity contribution in [3.05, 3.63) is 53.1 Å². The van der Waals surface area contributed by atoms with Crippen LogP contribution >= 0.6 is 0 Å². The standard InChI is InChI=1S/C26H28N4O5/c1-16(2)34-22-7-6-20(13-21(22)14-27)24-28-23(29-35-24)19-5-4-17-8-10-30(11-9-18(17)12-19)15-26(3,33)25(31)32/h4-7,12-13,16,33H,8-11,15H2,1-3H3,(H,31,32)/t26-/m1/s1. The van der Waals surface area contributed by atoms with Crippen LogP contribution in [0.25, 0.3) is 22.8 Å². The van der Waals surface area contributed by atoms with Crippen LogP contribution in [-0.4, -0.2) is 62.6 Å². The third-order valence-electron chi connectivity index (χ3n) is 5.99. The smallest absolute Gasteiger partial charge is 0.336 e. The molecule has 0 spiro atoms. The molecule has 0 unspecified atom stereocenters. The first kappa shape index (κ1) is 24.4. The van der Waals surface area contributed by atoms with Crippen molar-refractivity contribution in [2.45, 2.75) is 45.3 Å². The molecule has 182 valence electrons. The van der Waals surface area contributed by atoms with Crippen LogP contribution in [0.4, 0.5) is 0 Å². The summed E-state index contributed by atoms with van der Waals surface area (Å²) in [6, 6.07) is 13.3. The number of rotatable bonds is 7. The minimum absolute atomic E-state index is 0.0476. The zero-order chi connectivity index (χ0) is 25.2. The predicted octanol–water partition coefficient (Wildman–Crippen LogP) is 3.30. The molecule has 9 nitrogen and oxygen atoms in total. The lowest BCUT2D eigenvalue weighted by Gasteiger charge is -2.27. The second kappa shape index (κ2) is 9.86. The fourth-order valence-electron chi connectivity index (χ4n) is 4.14. The Bertz CT molecular complexity index is 1270. The molecule has 2 N–H and O–H groups in total. The van der Waals surface area contributed by atoms with Crippen molar-refractivity contribution in [1.82, 2.24) is 15.0 Å². The second-order valence-corrected chi connectivity index (χ2v) is 9.25. The van der Waals surface area contributed by atoms with Crippen LogP contribution in [0.15, 0.2) is 40.9 Å². The molecule has 1 aliphatic heterocycles. The van der Waals surface area contributed by atoms with Crippen molar-refractivity contribution in [1.29, 1.82) is 5.26 Å². The summed E-state index contributed by atoms with van der Waals surface area (Å²) in [6.07, 6.45) is 1.42. The van der Waals surface area contributed by atoms with Crippen LogP contribution in [-0.2, 0) is 17.6 Å². The van der Waals surface area contributed by atoms with Crippen LogP contribution < -0.4 is 4.74 Å². The highest BCUT2D eigenvalue weighted by Crippen LogP contribution is 2.29. The molecule has 2 aromatic carbocycles. The number of ether oxygens (including phenoxy) is 1. The maximum atomic E-state index is 11.3. The van der Waals surface area contributed by atoms with E-state index < -0.39 is 11.6 Å². The van der Waals surface area contributed by atoms with Gasteiger partial charge in [-0.3, -0.25) is 4.90 Å². The Morgan fingerprint density at radius 2 is 1.91 bits per heavy atom. The average Bonchev–Trinajstić information content (AvgIpc) is 3.22. The minimum Gasteiger partial charge on any atom is -0.490 e. The molecule has 35 heavy (non-hydrogen) atoms. The number of hydrogen-bond acceptors (Lipinski definition) is 8. The number of aromatic nitrogens is 2. The number of hydrogen-bond donors (Lipinski definition) is 2. The number of carbonyl (C=O) groups is 1. The third-order valence-corrected chi connectivity index (χ3v) is 5.99. The molecule has 2 heterocycles. The maximum Gasteiger partial charge on any atom is 0.336 e. The summed E-state index contributed by atoms with van der Waals surface area (Å²) in [5.74, 6) is 0.0393. The molecule has 0 saturated carbocycles. The Hall–Kier alpha value is -3.74. The Labute approximate surface area is 203 Å². The molecule has 0 radical (unpaired) electrons. The van der Waals surface area contributed by atoms with E-state index in [-0.39, 0.29) is 12.6 Å². The third kappa shape index (κ3) is 5.50. The zero-order valence-corrected chi connectivity index (χ0v) is 20.0. The van der Waals surface area contributed by atoms with Crippen LogP contribution in [0.1, 0.15) is 37.5 Å². The Kier molecular flexibility index (Phi) is 6.87. The number of fused-ring (bicyclic) bond motifs is 1. The Morgan fingerprint density at radius 1 is 1.20 bits per heavy atom. The monoisotopic (exact) mass is 476 g/mol. The van der Waals surface area contributed by atoms with E-state index in [1.54, 1.807) is 18.2 Å². The lowest BCUT2D eigenvalue weighted by molar-refractivity contribution is -0.158. The van der Waals surface area contributed by atoms with Gasteiger partial charge in [0.15, 0.2) is 5.60 Å². The highest BCUT2D eigenvalue weighted by atomic mass is 16.5. The lowest BCUT2D eigenvalue weighted by atomic mass is 10.00. The van der Waals surface area contributed by atoms with Gasteiger partial charge >= 0.3 is 5.97 Å². The summed E-state index contributed by atoms with van der Waals surface area (Å²) in [4.78, 5) is 17.8. The van der Waals surface area contributed by atoms with E-state index >= 15 is 0 Å². The van der Waals surface area contributed by atoms with Crippen LogP contribution in [0.5, 0.6) is 5.75 Å². The fraction of sp³-hybridized carbons (Fsp3) is 0.385. The van der Waals surface area contributed by atoms with Gasteiger partial charge in [-0.2, -0.15) is 10.2 Å². The van der Waals surface area contributed by atoms with Gasteiger partial charge in [0, 0.05) is 30.8 Å². The lowest BCUT2D eigenvalue weighted by Crippen LogP contribution is -2.47. The minimum atomic E-state index is -1.78. The van der Waals surface area contributed by atoms with Gasteiger partial charge in [0.1, 0.15) is 11.8 Å². The van der Waals surface area contributed by atoms with E-state index in [4.69, 9.17) is 9.26 Å². The van der Waals surface area contributed by atoms with Crippen molar-refractivity contribution >= 4 is 5.97 Å². The molecular weight excluding hydrogens is 448 g/mol. The van der Waals surface area contributed by atoms with Gasteiger partial charge in [-0.25, -0.2) is 4.79 Å². The molecule has 1 atom stereocenters. The summed E-state index contributed by atoms with van der Waals surface area (Å²) in [5, 5.41) is 33.0. The van der Waals surface area contributed by atoms with E-state index in [0.29, 0.717) is 48.1 Å². The molecule has 4 rings (SSSR count). The van der Waals surface area contributed by atoms with E-state index in [9.17, 15) is 20.3 Å². The highest BCUT2D eigenvalue weighted by molar-refractivity contribution is 5.76.